The number of rotatable bonds is 2. The quantitative estimate of drug-likeness (QED) is 0.612. The van der Waals surface area contributed by atoms with Crippen LogP contribution >= 0.6 is 0 Å². The molecule has 1 heterocycles. The molecule has 1 unspecified atom stereocenters. The standard InChI is InChI=1S/C14H19N3O/c1-10(18)17-8-6-11(7-9-17)14(16)12-4-2-3-5-13(12)15/h2-6,14H,7-9,15-16H2,1H3. The van der Waals surface area contributed by atoms with Crippen molar-refractivity contribution in [1.29, 1.82) is 0 Å². The van der Waals surface area contributed by atoms with Gasteiger partial charge >= 0.3 is 0 Å². The summed E-state index contributed by atoms with van der Waals surface area (Å²) in [7, 11) is 0. The molecule has 1 atom stereocenters. The zero-order valence-corrected chi connectivity index (χ0v) is 10.6. The van der Waals surface area contributed by atoms with Gasteiger partial charge < -0.3 is 16.4 Å². The third-order valence-corrected chi connectivity index (χ3v) is 3.42. The first kappa shape index (κ1) is 12.6. The summed E-state index contributed by atoms with van der Waals surface area (Å²) in [5, 5.41) is 0. The summed E-state index contributed by atoms with van der Waals surface area (Å²) in [5.74, 6) is 0.109. The first-order chi connectivity index (χ1) is 8.59. The van der Waals surface area contributed by atoms with Gasteiger partial charge in [0.25, 0.3) is 0 Å². The number of benzene rings is 1. The fourth-order valence-electron chi connectivity index (χ4n) is 2.25. The van der Waals surface area contributed by atoms with Crippen molar-refractivity contribution >= 4 is 11.6 Å². The van der Waals surface area contributed by atoms with E-state index in [9.17, 15) is 4.79 Å². The van der Waals surface area contributed by atoms with Gasteiger partial charge in [0.2, 0.25) is 5.91 Å². The topological polar surface area (TPSA) is 72.3 Å². The molecule has 96 valence electrons. The minimum atomic E-state index is -0.166. The van der Waals surface area contributed by atoms with Crippen LogP contribution in [0.5, 0.6) is 0 Å². The van der Waals surface area contributed by atoms with E-state index in [-0.39, 0.29) is 11.9 Å². The minimum absolute atomic E-state index is 0.109. The van der Waals surface area contributed by atoms with Crippen molar-refractivity contribution in [2.24, 2.45) is 5.73 Å². The largest absolute Gasteiger partial charge is 0.398 e. The second-order valence-corrected chi connectivity index (χ2v) is 4.60. The predicted molar refractivity (Wildman–Crippen MR) is 72.7 cm³/mol. The maximum absolute atomic E-state index is 11.2. The average Bonchev–Trinajstić information content (AvgIpc) is 2.38. The monoisotopic (exact) mass is 245 g/mol. The highest BCUT2D eigenvalue weighted by atomic mass is 16.2. The summed E-state index contributed by atoms with van der Waals surface area (Å²) in [6.07, 6.45) is 2.86. The highest BCUT2D eigenvalue weighted by Gasteiger charge is 2.19. The van der Waals surface area contributed by atoms with Crippen molar-refractivity contribution in [2.45, 2.75) is 19.4 Å². The molecule has 2 rings (SSSR count). The molecule has 1 aliphatic heterocycles. The van der Waals surface area contributed by atoms with Crippen LogP contribution in [0.15, 0.2) is 35.9 Å². The fraction of sp³-hybridized carbons (Fsp3) is 0.357. The normalized spacial score (nSPS) is 17.2. The Balaban J connectivity index is 2.14. The number of carbonyl (C=O) groups is 1. The van der Waals surface area contributed by atoms with Crippen LogP contribution in [0, 0.1) is 0 Å². The molecule has 4 N–H and O–H groups in total. The van der Waals surface area contributed by atoms with E-state index in [1.807, 2.05) is 35.2 Å². The number of amides is 1. The lowest BCUT2D eigenvalue weighted by Crippen LogP contribution is -2.34. The number of hydrogen-bond donors (Lipinski definition) is 2. The van der Waals surface area contributed by atoms with Crippen molar-refractivity contribution in [1.82, 2.24) is 4.90 Å². The van der Waals surface area contributed by atoms with Crippen molar-refractivity contribution in [2.75, 3.05) is 18.8 Å². The third kappa shape index (κ3) is 2.54. The van der Waals surface area contributed by atoms with Crippen LogP contribution in [-0.2, 0) is 4.79 Å². The minimum Gasteiger partial charge on any atom is -0.398 e. The van der Waals surface area contributed by atoms with E-state index in [0.29, 0.717) is 6.54 Å². The van der Waals surface area contributed by atoms with Gasteiger partial charge in [0.1, 0.15) is 0 Å². The molecule has 4 heteroatoms. The maximum Gasteiger partial charge on any atom is 0.219 e. The number of nitrogens with zero attached hydrogens (tertiary/aromatic N) is 1. The van der Waals surface area contributed by atoms with E-state index in [1.165, 1.54) is 0 Å². The summed E-state index contributed by atoms with van der Waals surface area (Å²) in [5.41, 5.74) is 15.0. The molecule has 0 radical (unpaired) electrons. The zero-order valence-electron chi connectivity index (χ0n) is 10.6. The lowest BCUT2D eigenvalue weighted by atomic mass is 9.93. The molecule has 0 saturated heterocycles. The van der Waals surface area contributed by atoms with Gasteiger partial charge in [0.15, 0.2) is 0 Å². The van der Waals surface area contributed by atoms with Gasteiger partial charge in [-0.05, 0) is 23.6 Å². The first-order valence-electron chi connectivity index (χ1n) is 6.14. The highest BCUT2D eigenvalue weighted by Crippen LogP contribution is 2.27. The summed E-state index contributed by atoms with van der Waals surface area (Å²) < 4.78 is 0. The molecule has 1 aromatic carbocycles. The van der Waals surface area contributed by atoms with Crippen molar-refractivity contribution in [3.63, 3.8) is 0 Å². The Bertz CT molecular complexity index is 482. The Labute approximate surface area is 107 Å². The Morgan fingerprint density at radius 1 is 1.39 bits per heavy atom. The molecule has 0 saturated carbocycles. The van der Waals surface area contributed by atoms with Gasteiger partial charge in [0.05, 0.1) is 6.04 Å². The molecule has 1 amide bonds. The second-order valence-electron chi connectivity index (χ2n) is 4.60. The van der Waals surface area contributed by atoms with Crippen LogP contribution in [0.3, 0.4) is 0 Å². The molecule has 0 aliphatic carbocycles. The van der Waals surface area contributed by atoms with E-state index >= 15 is 0 Å². The number of carbonyl (C=O) groups excluding carboxylic acids is 1. The van der Waals surface area contributed by atoms with Gasteiger partial charge in [0, 0.05) is 25.7 Å². The predicted octanol–water partition coefficient (Wildman–Crippen LogP) is 1.45. The summed E-state index contributed by atoms with van der Waals surface area (Å²) in [6, 6.07) is 7.49. The van der Waals surface area contributed by atoms with Crippen LogP contribution in [0.4, 0.5) is 5.69 Å². The van der Waals surface area contributed by atoms with Gasteiger partial charge in [-0.15, -0.1) is 0 Å². The van der Waals surface area contributed by atoms with Crippen LogP contribution in [-0.4, -0.2) is 23.9 Å². The number of nitrogens with two attached hydrogens (primary N) is 2. The second kappa shape index (κ2) is 5.23. The number of nitrogen functional groups attached to an aromatic ring is 1. The molecule has 1 aliphatic rings. The van der Waals surface area contributed by atoms with Gasteiger partial charge in [-0.2, -0.15) is 0 Å². The lowest BCUT2D eigenvalue weighted by Gasteiger charge is -2.28. The van der Waals surface area contributed by atoms with Crippen molar-refractivity contribution < 1.29 is 4.79 Å². The SMILES string of the molecule is CC(=O)N1CC=C(C(N)c2ccccc2N)CC1. The number of anilines is 1. The Morgan fingerprint density at radius 2 is 2.11 bits per heavy atom. The summed E-state index contributed by atoms with van der Waals surface area (Å²) >= 11 is 0. The fourth-order valence-corrected chi connectivity index (χ4v) is 2.25. The molecule has 0 bridgehead atoms. The van der Waals surface area contributed by atoms with E-state index in [2.05, 4.69) is 0 Å². The van der Waals surface area contributed by atoms with E-state index in [1.54, 1.807) is 6.92 Å². The van der Waals surface area contributed by atoms with E-state index in [0.717, 1.165) is 29.8 Å². The van der Waals surface area contributed by atoms with Crippen LogP contribution < -0.4 is 11.5 Å². The van der Waals surface area contributed by atoms with Crippen LogP contribution in [0.25, 0.3) is 0 Å². The Hall–Kier alpha value is -1.81. The molecular weight excluding hydrogens is 226 g/mol. The van der Waals surface area contributed by atoms with Crippen LogP contribution in [0.2, 0.25) is 0 Å². The van der Waals surface area contributed by atoms with Gasteiger partial charge in [-0.1, -0.05) is 24.3 Å². The van der Waals surface area contributed by atoms with E-state index in [4.69, 9.17) is 11.5 Å². The number of para-hydroxylation sites is 1. The third-order valence-electron chi connectivity index (χ3n) is 3.42. The Morgan fingerprint density at radius 3 is 2.67 bits per heavy atom. The zero-order chi connectivity index (χ0) is 13.1. The molecule has 18 heavy (non-hydrogen) atoms. The first-order valence-corrected chi connectivity index (χ1v) is 6.14. The van der Waals surface area contributed by atoms with Gasteiger partial charge in [-0.25, -0.2) is 0 Å². The summed E-state index contributed by atoms with van der Waals surface area (Å²) in [6.45, 7) is 2.97. The summed E-state index contributed by atoms with van der Waals surface area (Å²) in [4.78, 5) is 13.1. The smallest absolute Gasteiger partial charge is 0.219 e. The molecular formula is C14H19N3O. The van der Waals surface area contributed by atoms with E-state index < -0.39 is 0 Å². The van der Waals surface area contributed by atoms with Crippen molar-refractivity contribution in [3.05, 3.63) is 41.5 Å². The molecule has 0 spiro atoms. The number of hydrogen-bond acceptors (Lipinski definition) is 3. The molecule has 0 fully saturated rings. The van der Waals surface area contributed by atoms with Crippen LogP contribution in [0.1, 0.15) is 24.9 Å². The molecule has 1 aromatic rings. The maximum atomic E-state index is 11.2. The average molecular weight is 245 g/mol. The van der Waals surface area contributed by atoms with Gasteiger partial charge in [-0.3, -0.25) is 4.79 Å². The Kier molecular flexibility index (Phi) is 3.67. The lowest BCUT2D eigenvalue weighted by molar-refractivity contribution is -0.128. The molecule has 4 nitrogen and oxygen atoms in total. The highest BCUT2D eigenvalue weighted by molar-refractivity contribution is 5.73. The molecule has 0 aromatic heterocycles. The van der Waals surface area contributed by atoms with Crippen molar-refractivity contribution in [3.8, 4) is 0 Å².